The first-order valence-electron chi connectivity index (χ1n) is 4.70. The first-order valence-corrected chi connectivity index (χ1v) is 4.70. The number of phenols is 1. The van der Waals surface area contributed by atoms with Gasteiger partial charge in [-0.15, -0.1) is 0 Å². The van der Waals surface area contributed by atoms with E-state index in [2.05, 4.69) is 0 Å². The number of aromatic hydroxyl groups is 1. The topological polar surface area (TPSA) is 37.3 Å². The molecular formula is C12H12O2. The van der Waals surface area contributed by atoms with Crippen LogP contribution in [0.3, 0.4) is 0 Å². The summed E-state index contributed by atoms with van der Waals surface area (Å²) in [5.41, 5.74) is 3.13. The molecule has 0 fully saturated rings. The summed E-state index contributed by atoms with van der Waals surface area (Å²) in [6.07, 6.45) is 2.94. The molecule has 2 nitrogen and oxygen atoms in total. The summed E-state index contributed by atoms with van der Waals surface area (Å²) in [5, 5.41) is 9.33. The summed E-state index contributed by atoms with van der Waals surface area (Å²) in [7, 11) is 0. The summed E-state index contributed by atoms with van der Waals surface area (Å²) in [6, 6.07) is 5.27. The Hall–Kier alpha value is -1.57. The minimum Gasteiger partial charge on any atom is -0.508 e. The van der Waals surface area contributed by atoms with E-state index in [1.54, 1.807) is 18.2 Å². The molecule has 0 spiro atoms. The average Bonchev–Trinajstić information content (AvgIpc) is 2.26. The number of allylic oxidation sites excluding steroid dienone is 2. The highest BCUT2D eigenvalue weighted by atomic mass is 16.3. The molecular weight excluding hydrogens is 176 g/mol. The number of carbonyl (C=O) groups is 1. The second-order valence-electron chi connectivity index (χ2n) is 3.64. The third-order valence-electron chi connectivity index (χ3n) is 2.53. The Bertz CT molecular complexity index is 416. The van der Waals surface area contributed by atoms with Gasteiger partial charge in [-0.3, -0.25) is 4.79 Å². The van der Waals surface area contributed by atoms with E-state index >= 15 is 0 Å². The van der Waals surface area contributed by atoms with Gasteiger partial charge in [0.15, 0.2) is 5.78 Å². The largest absolute Gasteiger partial charge is 0.508 e. The molecule has 72 valence electrons. The van der Waals surface area contributed by atoms with Gasteiger partial charge in [-0.25, -0.2) is 0 Å². The van der Waals surface area contributed by atoms with Crippen LogP contribution < -0.4 is 0 Å². The fraction of sp³-hybridized carbons (Fsp3) is 0.250. The number of benzene rings is 1. The lowest BCUT2D eigenvalue weighted by atomic mass is 10.00. The van der Waals surface area contributed by atoms with E-state index < -0.39 is 0 Å². The van der Waals surface area contributed by atoms with Crippen molar-refractivity contribution in [3.05, 3.63) is 35.4 Å². The number of hydrogen-bond acceptors (Lipinski definition) is 2. The Labute approximate surface area is 82.9 Å². The monoisotopic (exact) mass is 188 g/mol. The van der Waals surface area contributed by atoms with Crippen LogP contribution in [0.15, 0.2) is 24.3 Å². The van der Waals surface area contributed by atoms with Gasteiger partial charge >= 0.3 is 0 Å². The van der Waals surface area contributed by atoms with Gasteiger partial charge in [0.25, 0.3) is 0 Å². The normalized spacial score (nSPS) is 15.8. The van der Waals surface area contributed by atoms with E-state index in [-0.39, 0.29) is 11.5 Å². The maximum atomic E-state index is 11.3. The summed E-state index contributed by atoms with van der Waals surface area (Å²) < 4.78 is 0. The number of carbonyl (C=O) groups excluding carboxylic acids is 1. The molecule has 1 N–H and O–H groups in total. The van der Waals surface area contributed by atoms with Gasteiger partial charge < -0.3 is 5.11 Å². The lowest BCUT2D eigenvalue weighted by Gasteiger charge is -2.06. The van der Waals surface area contributed by atoms with Crippen molar-refractivity contribution in [1.29, 1.82) is 0 Å². The highest BCUT2D eigenvalue weighted by molar-refractivity contribution is 5.98. The molecule has 1 aromatic carbocycles. The molecule has 0 atom stereocenters. The molecule has 2 heteroatoms. The Balaban J connectivity index is 2.55. The Kier molecular flexibility index (Phi) is 2.12. The number of phenolic OH excluding ortho intramolecular Hbond substituents is 1. The van der Waals surface area contributed by atoms with E-state index in [0.717, 1.165) is 23.1 Å². The molecule has 0 saturated heterocycles. The van der Waals surface area contributed by atoms with Crippen molar-refractivity contribution >= 4 is 11.4 Å². The van der Waals surface area contributed by atoms with Crippen molar-refractivity contribution < 1.29 is 9.90 Å². The number of ketones is 1. The van der Waals surface area contributed by atoms with Crippen LogP contribution in [0.4, 0.5) is 0 Å². The zero-order valence-electron chi connectivity index (χ0n) is 8.08. The molecule has 1 aromatic rings. The molecule has 0 radical (unpaired) electrons. The maximum absolute atomic E-state index is 11.3. The fourth-order valence-corrected chi connectivity index (χ4v) is 1.82. The molecule has 0 amide bonds. The smallest absolute Gasteiger partial charge is 0.156 e. The van der Waals surface area contributed by atoms with Crippen molar-refractivity contribution in [1.82, 2.24) is 0 Å². The minimum absolute atomic E-state index is 0.165. The van der Waals surface area contributed by atoms with Crippen LogP contribution in [-0.2, 0) is 11.2 Å². The highest BCUT2D eigenvalue weighted by Crippen LogP contribution is 2.26. The van der Waals surface area contributed by atoms with Crippen LogP contribution >= 0.6 is 0 Å². The van der Waals surface area contributed by atoms with E-state index in [1.165, 1.54) is 0 Å². The second kappa shape index (κ2) is 3.29. The predicted molar refractivity (Wildman–Crippen MR) is 55.1 cm³/mol. The predicted octanol–water partition coefficient (Wildman–Crippen LogP) is 2.31. The molecule has 0 aliphatic heterocycles. The lowest BCUT2D eigenvalue weighted by Crippen LogP contribution is -1.93. The molecule has 14 heavy (non-hydrogen) atoms. The minimum atomic E-state index is 0.165. The molecule has 0 unspecified atom stereocenters. The Morgan fingerprint density at radius 3 is 2.86 bits per heavy atom. The maximum Gasteiger partial charge on any atom is 0.156 e. The first-order chi connectivity index (χ1) is 6.66. The highest BCUT2D eigenvalue weighted by Gasteiger charge is 2.12. The number of hydrogen-bond donors (Lipinski definition) is 1. The summed E-state index contributed by atoms with van der Waals surface area (Å²) in [5.74, 6) is 0.434. The van der Waals surface area contributed by atoms with Gasteiger partial charge in [0.2, 0.25) is 0 Å². The zero-order valence-corrected chi connectivity index (χ0v) is 8.08. The Morgan fingerprint density at radius 2 is 2.07 bits per heavy atom. The van der Waals surface area contributed by atoms with Crippen LogP contribution in [-0.4, -0.2) is 10.9 Å². The van der Waals surface area contributed by atoms with Crippen LogP contribution in [0.1, 0.15) is 24.5 Å². The van der Waals surface area contributed by atoms with Crippen molar-refractivity contribution in [2.75, 3.05) is 0 Å². The van der Waals surface area contributed by atoms with Gasteiger partial charge in [-0.1, -0.05) is 6.07 Å². The lowest BCUT2D eigenvalue weighted by molar-refractivity contribution is -0.114. The molecule has 0 aromatic heterocycles. The van der Waals surface area contributed by atoms with Crippen molar-refractivity contribution in [3.63, 3.8) is 0 Å². The number of aryl methyl sites for hydroxylation is 1. The van der Waals surface area contributed by atoms with Gasteiger partial charge in [0.1, 0.15) is 5.75 Å². The first kappa shape index (κ1) is 9.00. The van der Waals surface area contributed by atoms with E-state index in [4.69, 9.17) is 0 Å². The Morgan fingerprint density at radius 1 is 1.29 bits per heavy atom. The summed E-state index contributed by atoms with van der Waals surface area (Å²) in [6.45, 7) is 1.93. The van der Waals surface area contributed by atoms with Gasteiger partial charge in [-0.05, 0) is 48.3 Å². The number of fused-ring (bicyclic) bond motifs is 1. The third kappa shape index (κ3) is 1.55. The van der Waals surface area contributed by atoms with Gasteiger partial charge in [-0.2, -0.15) is 0 Å². The van der Waals surface area contributed by atoms with Crippen molar-refractivity contribution in [2.24, 2.45) is 0 Å². The second-order valence-corrected chi connectivity index (χ2v) is 3.64. The molecule has 1 aliphatic rings. The fourth-order valence-electron chi connectivity index (χ4n) is 1.82. The van der Waals surface area contributed by atoms with Crippen LogP contribution in [0.5, 0.6) is 5.75 Å². The molecule has 2 rings (SSSR count). The quantitative estimate of drug-likeness (QED) is 0.678. The van der Waals surface area contributed by atoms with Gasteiger partial charge in [0.05, 0.1) is 0 Å². The van der Waals surface area contributed by atoms with E-state index in [0.29, 0.717) is 6.42 Å². The molecule has 0 bridgehead atoms. The van der Waals surface area contributed by atoms with E-state index in [1.807, 2.05) is 13.0 Å². The van der Waals surface area contributed by atoms with Crippen LogP contribution in [0, 0.1) is 0 Å². The summed E-state index contributed by atoms with van der Waals surface area (Å²) in [4.78, 5) is 11.3. The molecule has 0 saturated carbocycles. The van der Waals surface area contributed by atoms with Crippen molar-refractivity contribution in [2.45, 2.75) is 19.8 Å². The van der Waals surface area contributed by atoms with Crippen molar-refractivity contribution in [3.8, 4) is 5.75 Å². The molecule has 1 aliphatic carbocycles. The van der Waals surface area contributed by atoms with E-state index in [9.17, 15) is 9.90 Å². The van der Waals surface area contributed by atoms with Gasteiger partial charge in [0, 0.05) is 6.42 Å². The van der Waals surface area contributed by atoms with Crippen LogP contribution in [0.2, 0.25) is 0 Å². The average molecular weight is 188 g/mol. The number of rotatable bonds is 0. The van der Waals surface area contributed by atoms with Crippen LogP contribution in [0.25, 0.3) is 5.57 Å². The molecule has 0 heterocycles. The zero-order chi connectivity index (χ0) is 10.1. The standard InChI is InChI=1S/C12H12O2/c1-8-6-10(13)3-2-9-7-11(14)4-5-12(8)9/h4-7,14H,2-3H2,1H3. The SMILES string of the molecule is CC1=CC(=O)CCc2cc(O)ccc21. The summed E-state index contributed by atoms with van der Waals surface area (Å²) >= 11 is 0. The third-order valence-corrected chi connectivity index (χ3v) is 2.53.